The van der Waals surface area contributed by atoms with E-state index in [0.29, 0.717) is 13.2 Å². The summed E-state index contributed by atoms with van der Waals surface area (Å²) in [4.78, 5) is 25.6. The van der Waals surface area contributed by atoms with Gasteiger partial charge in [0, 0.05) is 19.0 Å². The van der Waals surface area contributed by atoms with Crippen molar-refractivity contribution < 1.29 is 19.1 Å². The molecule has 7 heteroatoms. The Balaban J connectivity index is 2.08. The number of hydrogen-bond donors (Lipinski definition) is 1. The lowest BCUT2D eigenvalue weighted by Gasteiger charge is -2.21. The molecule has 0 aliphatic heterocycles. The van der Waals surface area contributed by atoms with E-state index in [2.05, 4.69) is 10.2 Å². The Kier molecular flexibility index (Phi) is 6.10. The van der Waals surface area contributed by atoms with Crippen LogP contribution in [0, 0.1) is 0 Å². The van der Waals surface area contributed by atoms with Gasteiger partial charge in [0.1, 0.15) is 6.54 Å². The molecule has 1 heterocycles. The van der Waals surface area contributed by atoms with Gasteiger partial charge in [-0.3, -0.25) is 14.7 Å². The molecule has 0 bridgehead atoms. The normalized spacial score (nSPS) is 10.7. The summed E-state index contributed by atoms with van der Waals surface area (Å²) < 4.78 is 9.92. The van der Waals surface area contributed by atoms with Crippen LogP contribution in [0.3, 0.4) is 0 Å². The van der Waals surface area contributed by atoms with Crippen LogP contribution in [0.1, 0.15) is 12.6 Å². The summed E-state index contributed by atoms with van der Waals surface area (Å²) in [5, 5.41) is 7.97. The number of benzene rings is 1. The van der Waals surface area contributed by atoms with Crippen molar-refractivity contribution in [2.45, 2.75) is 13.3 Å². The number of carbonyl (C=O) groups excluding carboxylic acids is 2. The van der Waals surface area contributed by atoms with E-state index < -0.39 is 5.97 Å². The minimum Gasteiger partial charge on any atom is -0.465 e. The molecule has 0 aliphatic carbocycles. The van der Waals surface area contributed by atoms with Crippen molar-refractivity contribution in [1.29, 1.82) is 0 Å². The minimum atomic E-state index is -0.425. The third-order valence-corrected chi connectivity index (χ3v) is 3.41. The predicted octanol–water partition coefficient (Wildman–Crippen LogP) is 1.14. The molecule has 0 aliphatic rings. The maximum atomic E-state index is 12.5. The highest BCUT2D eigenvalue weighted by atomic mass is 16.5. The van der Waals surface area contributed by atoms with Gasteiger partial charge < -0.3 is 14.4 Å². The van der Waals surface area contributed by atoms with Crippen molar-refractivity contribution in [3.05, 3.63) is 30.0 Å². The summed E-state index contributed by atoms with van der Waals surface area (Å²) in [5.41, 5.74) is 1.54. The smallest absolute Gasteiger partial charge is 0.325 e. The molecule has 1 aromatic carbocycles. The van der Waals surface area contributed by atoms with Gasteiger partial charge in [0.05, 0.1) is 30.8 Å². The SMILES string of the molecule is CCOC(=O)CN(CCOC)C(=O)Cc1[nH]nc2ccccc12. The van der Waals surface area contributed by atoms with Crippen molar-refractivity contribution >= 4 is 22.8 Å². The van der Waals surface area contributed by atoms with Crippen LogP contribution >= 0.6 is 0 Å². The lowest BCUT2D eigenvalue weighted by Crippen LogP contribution is -2.39. The average Bonchev–Trinajstić information content (AvgIpc) is 2.95. The average molecular weight is 319 g/mol. The molecule has 2 rings (SSSR count). The maximum absolute atomic E-state index is 12.5. The number of nitrogens with zero attached hydrogens (tertiary/aromatic N) is 2. The molecule has 23 heavy (non-hydrogen) atoms. The molecule has 0 atom stereocenters. The second kappa shape index (κ2) is 8.28. The van der Waals surface area contributed by atoms with E-state index in [1.165, 1.54) is 4.90 Å². The Morgan fingerprint density at radius 1 is 1.30 bits per heavy atom. The van der Waals surface area contributed by atoms with Gasteiger partial charge in [-0.2, -0.15) is 5.10 Å². The molecule has 124 valence electrons. The first kappa shape index (κ1) is 17.0. The molecule has 1 aromatic heterocycles. The molecule has 7 nitrogen and oxygen atoms in total. The van der Waals surface area contributed by atoms with Crippen molar-refractivity contribution in [1.82, 2.24) is 15.1 Å². The number of nitrogens with one attached hydrogen (secondary N) is 1. The Hall–Kier alpha value is -2.41. The van der Waals surface area contributed by atoms with Crippen LogP contribution in [0.15, 0.2) is 24.3 Å². The highest BCUT2D eigenvalue weighted by Gasteiger charge is 2.19. The van der Waals surface area contributed by atoms with Gasteiger partial charge in [-0.05, 0) is 13.0 Å². The number of fused-ring (bicyclic) bond motifs is 1. The van der Waals surface area contributed by atoms with Crippen molar-refractivity contribution in [2.75, 3.05) is 33.4 Å². The molecule has 0 saturated carbocycles. The summed E-state index contributed by atoms with van der Waals surface area (Å²) in [6.07, 6.45) is 0.142. The van der Waals surface area contributed by atoms with Gasteiger partial charge in [-0.15, -0.1) is 0 Å². The number of para-hydroxylation sites is 1. The Morgan fingerprint density at radius 3 is 2.83 bits per heavy atom. The molecule has 0 radical (unpaired) electrons. The quantitative estimate of drug-likeness (QED) is 0.738. The molecule has 1 amide bonds. The summed E-state index contributed by atoms with van der Waals surface area (Å²) >= 11 is 0. The number of amides is 1. The van der Waals surface area contributed by atoms with E-state index in [1.807, 2.05) is 24.3 Å². The number of carbonyl (C=O) groups is 2. The molecule has 0 unspecified atom stereocenters. The number of aromatic amines is 1. The lowest BCUT2D eigenvalue weighted by atomic mass is 10.1. The third-order valence-electron chi connectivity index (χ3n) is 3.41. The summed E-state index contributed by atoms with van der Waals surface area (Å²) in [5.74, 6) is -0.601. The summed E-state index contributed by atoms with van der Waals surface area (Å²) in [7, 11) is 1.55. The van der Waals surface area contributed by atoms with Crippen molar-refractivity contribution in [2.24, 2.45) is 0 Å². The van der Waals surface area contributed by atoms with E-state index in [0.717, 1.165) is 16.6 Å². The van der Waals surface area contributed by atoms with E-state index in [1.54, 1.807) is 14.0 Å². The zero-order valence-electron chi connectivity index (χ0n) is 13.4. The third kappa shape index (κ3) is 4.53. The fourth-order valence-corrected chi connectivity index (χ4v) is 2.27. The molecule has 0 fully saturated rings. The minimum absolute atomic E-state index is 0.0812. The van der Waals surface area contributed by atoms with Gasteiger partial charge in [0.25, 0.3) is 0 Å². The first-order chi connectivity index (χ1) is 11.2. The number of ether oxygens (including phenoxy) is 2. The fourth-order valence-electron chi connectivity index (χ4n) is 2.27. The molecular formula is C16H21N3O4. The first-order valence-corrected chi connectivity index (χ1v) is 7.50. The van der Waals surface area contributed by atoms with Gasteiger partial charge in [0.2, 0.25) is 5.91 Å². The Morgan fingerprint density at radius 2 is 2.09 bits per heavy atom. The largest absolute Gasteiger partial charge is 0.465 e. The van der Waals surface area contributed by atoms with Crippen LogP contribution in [-0.4, -0.2) is 60.4 Å². The number of hydrogen-bond acceptors (Lipinski definition) is 5. The zero-order valence-corrected chi connectivity index (χ0v) is 13.4. The van der Waals surface area contributed by atoms with E-state index in [4.69, 9.17) is 9.47 Å². The molecule has 1 N–H and O–H groups in total. The summed E-state index contributed by atoms with van der Waals surface area (Å²) in [6, 6.07) is 7.57. The highest BCUT2D eigenvalue weighted by Crippen LogP contribution is 2.16. The maximum Gasteiger partial charge on any atom is 0.325 e. The van der Waals surface area contributed by atoms with Gasteiger partial charge >= 0.3 is 5.97 Å². The Labute approximate surface area is 134 Å². The number of esters is 1. The number of H-pyrrole nitrogens is 1. The van der Waals surface area contributed by atoms with Crippen LogP contribution in [-0.2, 0) is 25.5 Å². The topological polar surface area (TPSA) is 84.5 Å². The fraction of sp³-hybridized carbons (Fsp3) is 0.438. The van der Waals surface area contributed by atoms with Crippen LogP contribution in [0.5, 0.6) is 0 Å². The van der Waals surface area contributed by atoms with Crippen molar-refractivity contribution in [3.8, 4) is 0 Å². The molecular weight excluding hydrogens is 298 g/mol. The van der Waals surface area contributed by atoms with Crippen LogP contribution in [0.4, 0.5) is 0 Å². The van der Waals surface area contributed by atoms with Gasteiger partial charge in [0.15, 0.2) is 0 Å². The zero-order chi connectivity index (χ0) is 16.7. The molecule has 0 saturated heterocycles. The lowest BCUT2D eigenvalue weighted by molar-refractivity contribution is -0.149. The second-order valence-electron chi connectivity index (χ2n) is 5.01. The van der Waals surface area contributed by atoms with Crippen LogP contribution in [0.2, 0.25) is 0 Å². The first-order valence-electron chi connectivity index (χ1n) is 7.50. The monoisotopic (exact) mass is 319 g/mol. The van der Waals surface area contributed by atoms with Crippen LogP contribution in [0.25, 0.3) is 10.9 Å². The van der Waals surface area contributed by atoms with Crippen LogP contribution < -0.4 is 0 Å². The van der Waals surface area contributed by atoms with E-state index >= 15 is 0 Å². The van der Waals surface area contributed by atoms with E-state index in [-0.39, 0.29) is 25.5 Å². The van der Waals surface area contributed by atoms with E-state index in [9.17, 15) is 9.59 Å². The standard InChI is InChI=1S/C16H21N3O4/c1-3-23-16(21)11-19(8-9-22-2)15(20)10-14-12-6-4-5-7-13(12)17-18-14/h4-7H,3,8-11H2,1-2H3,(H,17,18). The Bertz CT molecular complexity index is 668. The predicted molar refractivity (Wildman–Crippen MR) is 84.9 cm³/mol. The number of methoxy groups -OCH3 is 1. The second-order valence-corrected chi connectivity index (χ2v) is 5.01. The number of aromatic nitrogens is 2. The van der Waals surface area contributed by atoms with Crippen molar-refractivity contribution in [3.63, 3.8) is 0 Å². The molecule has 0 spiro atoms. The molecule has 2 aromatic rings. The highest BCUT2D eigenvalue weighted by molar-refractivity contribution is 5.88. The van der Waals surface area contributed by atoms with Gasteiger partial charge in [-0.25, -0.2) is 0 Å². The number of rotatable bonds is 8. The van der Waals surface area contributed by atoms with Gasteiger partial charge in [-0.1, -0.05) is 18.2 Å². The summed E-state index contributed by atoms with van der Waals surface area (Å²) in [6.45, 7) is 2.63.